The highest BCUT2D eigenvalue weighted by Gasteiger charge is 1.96. The van der Waals surface area contributed by atoms with Crippen molar-refractivity contribution in [1.82, 2.24) is 15.1 Å². The van der Waals surface area contributed by atoms with Gasteiger partial charge in [-0.15, -0.1) is 0 Å². The van der Waals surface area contributed by atoms with E-state index >= 15 is 0 Å². The molecule has 1 aromatic heterocycles. The minimum absolute atomic E-state index is 0.689. The summed E-state index contributed by atoms with van der Waals surface area (Å²) < 4.78 is 1.71. The van der Waals surface area contributed by atoms with Crippen molar-refractivity contribution >= 4 is 6.20 Å². The van der Waals surface area contributed by atoms with Crippen molar-refractivity contribution in [1.29, 1.82) is 0 Å². The third kappa shape index (κ3) is 3.42. The van der Waals surface area contributed by atoms with E-state index in [2.05, 4.69) is 30.8 Å². The Bertz CT molecular complexity index is 263. The third-order valence-electron chi connectivity index (χ3n) is 1.72. The number of hydrogen-bond donors (Lipinski definition) is 1. The number of hydrogen-bond acceptors (Lipinski definition) is 2. The molecule has 13 heavy (non-hydrogen) atoms. The maximum atomic E-state index is 4.09. The number of rotatable bonds is 5. The second kappa shape index (κ2) is 4.82. The molecule has 1 N–H and O–H groups in total. The van der Waals surface area contributed by atoms with E-state index in [-0.39, 0.29) is 0 Å². The Morgan fingerprint density at radius 3 is 3.00 bits per heavy atom. The summed E-state index contributed by atoms with van der Waals surface area (Å²) in [7, 11) is 0. The maximum absolute atomic E-state index is 4.09. The highest BCUT2D eigenvalue weighted by Crippen LogP contribution is 1.97. The molecule has 1 aromatic rings. The van der Waals surface area contributed by atoms with Crippen molar-refractivity contribution in [2.45, 2.75) is 20.4 Å². The molecule has 72 valence electrons. The van der Waals surface area contributed by atoms with Crippen LogP contribution in [0.4, 0.5) is 0 Å². The van der Waals surface area contributed by atoms with Crippen LogP contribution < -0.4 is 5.32 Å². The quantitative estimate of drug-likeness (QED) is 0.746. The SMILES string of the molecule is C=Cn1cc(CNCC(C)C)cn1. The maximum Gasteiger partial charge on any atom is 0.0538 e. The summed E-state index contributed by atoms with van der Waals surface area (Å²) in [5.74, 6) is 0.689. The molecule has 0 spiro atoms. The first-order valence-electron chi connectivity index (χ1n) is 4.58. The van der Waals surface area contributed by atoms with Crippen molar-refractivity contribution in [3.63, 3.8) is 0 Å². The molecule has 0 atom stereocenters. The average Bonchev–Trinajstić information content (AvgIpc) is 2.52. The average molecular weight is 179 g/mol. The van der Waals surface area contributed by atoms with Gasteiger partial charge in [-0.1, -0.05) is 20.4 Å². The lowest BCUT2D eigenvalue weighted by Gasteiger charge is -2.04. The molecule has 1 rings (SSSR count). The molecule has 0 aliphatic carbocycles. The Morgan fingerprint density at radius 2 is 2.46 bits per heavy atom. The summed E-state index contributed by atoms with van der Waals surface area (Å²) in [4.78, 5) is 0. The fraction of sp³-hybridized carbons (Fsp3) is 0.500. The molecule has 0 aliphatic heterocycles. The topological polar surface area (TPSA) is 29.9 Å². The van der Waals surface area contributed by atoms with Gasteiger partial charge in [-0.25, -0.2) is 4.68 Å². The Balaban J connectivity index is 2.32. The molecule has 0 aromatic carbocycles. The van der Waals surface area contributed by atoms with Gasteiger partial charge in [-0.2, -0.15) is 5.10 Å². The highest BCUT2D eigenvalue weighted by molar-refractivity contribution is 5.17. The first kappa shape index (κ1) is 9.99. The van der Waals surface area contributed by atoms with Gasteiger partial charge in [-0.3, -0.25) is 0 Å². The summed E-state index contributed by atoms with van der Waals surface area (Å²) >= 11 is 0. The standard InChI is InChI=1S/C10H17N3/c1-4-13-8-10(7-12-13)6-11-5-9(2)3/h4,7-9,11H,1,5-6H2,2-3H3. The lowest BCUT2D eigenvalue weighted by molar-refractivity contribution is 0.552. The summed E-state index contributed by atoms with van der Waals surface area (Å²) in [5, 5.41) is 7.44. The first-order chi connectivity index (χ1) is 6.22. The summed E-state index contributed by atoms with van der Waals surface area (Å²) in [6.45, 7) is 9.94. The Kier molecular flexibility index (Phi) is 3.71. The molecule has 0 radical (unpaired) electrons. The minimum Gasteiger partial charge on any atom is -0.312 e. The largest absolute Gasteiger partial charge is 0.312 e. The van der Waals surface area contributed by atoms with Crippen molar-refractivity contribution in [2.24, 2.45) is 5.92 Å². The molecule has 3 heteroatoms. The van der Waals surface area contributed by atoms with Crippen molar-refractivity contribution in [3.8, 4) is 0 Å². The fourth-order valence-electron chi connectivity index (χ4n) is 1.07. The number of nitrogens with zero attached hydrogens (tertiary/aromatic N) is 2. The van der Waals surface area contributed by atoms with Crippen LogP contribution in [0.25, 0.3) is 6.20 Å². The molecule has 0 amide bonds. The summed E-state index contributed by atoms with van der Waals surface area (Å²) in [6.07, 6.45) is 5.52. The lowest BCUT2D eigenvalue weighted by atomic mass is 10.2. The van der Waals surface area contributed by atoms with Crippen molar-refractivity contribution < 1.29 is 0 Å². The van der Waals surface area contributed by atoms with Crippen LogP contribution in [0, 0.1) is 5.92 Å². The second-order valence-electron chi connectivity index (χ2n) is 3.54. The van der Waals surface area contributed by atoms with Crippen LogP contribution in [0.3, 0.4) is 0 Å². The molecule has 0 bridgehead atoms. The van der Waals surface area contributed by atoms with Gasteiger partial charge in [0.1, 0.15) is 0 Å². The molecule has 1 heterocycles. The predicted molar refractivity (Wildman–Crippen MR) is 55.2 cm³/mol. The lowest BCUT2D eigenvalue weighted by Crippen LogP contribution is -2.18. The summed E-state index contributed by atoms with van der Waals surface area (Å²) in [6, 6.07) is 0. The summed E-state index contributed by atoms with van der Waals surface area (Å²) in [5.41, 5.74) is 1.19. The predicted octanol–water partition coefficient (Wildman–Crippen LogP) is 1.73. The van der Waals surface area contributed by atoms with Crippen LogP contribution in [0.15, 0.2) is 19.0 Å². The molecule has 0 saturated carbocycles. The van der Waals surface area contributed by atoms with Gasteiger partial charge in [0, 0.05) is 24.5 Å². The van der Waals surface area contributed by atoms with Gasteiger partial charge in [0.05, 0.1) is 6.20 Å². The first-order valence-corrected chi connectivity index (χ1v) is 4.58. The van der Waals surface area contributed by atoms with Crippen LogP contribution in [0.5, 0.6) is 0 Å². The van der Waals surface area contributed by atoms with E-state index in [1.807, 2.05) is 12.4 Å². The third-order valence-corrected chi connectivity index (χ3v) is 1.72. The molecular formula is C10H17N3. The molecule has 0 unspecified atom stereocenters. The normalized spacial score (nSPS) is 10.7. The van der Waals surface area contributed by atoms with Crippen LogP contribution in [-0.2, 0) is 6.54 Å². The van der Waals surface area contributed by atoms with E-state index in [9.17, 15) is 0 Å². The van der Waals surface area contributed by atoms with Gasteiger partial charge in [0.15, 0.2) is 0 Å². The van der Waals surface area contributed by atoms with E-state index in [4.69, 9.17) is 0 Å². The van der Waals surface area contributed by atoms with Crippen LogP contribution in [-0.4, -0.2) is 16.3 Å². The van der Waals surface area contributed by atoms with Crippen molar-refractivity contribution in [2.75, 3.05) is 6.54 Å². The molecule has 0 fully saturated rings. The Hall–Kier alpha value is -1.09. The zero-order valence-corrected chi connectivity index (χ0v) is 8.33. The smallest absolute Gasteiger partial charge is 0.0538 e. The minimum atomic E-state index is 0.689. The number of aromatic nitrogens is 2. The van der Waals surface area contributed by atoms with Crippen LogP contribution in [0.2, 0.25) is 0 Å². The van der Waals surface area contributed by atoms with E-state index in [0.717, 1.165) is 13.1 Å². The fourth-order valence-corrected chi connectivity index (χ4v) is 1.07. The molecule has 0 aliphatic rings. The van der Waals surface area contributed by atoms with Crippen LogP contribution >= 0.6 is 0 Å². The van der Waals surface area contributed by atoms with E-state index in [0.29, 0.717) is 5.92 Å². The van der Waals surface area contributed by atoms with E-state index in [1.165, 1.54) is 5.56 Å². The van der Waals surface area contributed by atoms with Gasteiger partial charge in [0.2, 0.25) is 0 Å². The van der Waals surface area contributed by atoms with Crippen molar-refractivity contribution in [3.05, 3.63) is 24.5 Å². The van der Waals surface area contributed by atoms with Crippen LogP contribution in [0.1, 0.15) is 19.4 Å². The molecule has 3 nitrogen and oxygen atoms in total. The molecular weight excluding hydrogens is 162 g/mol. The molecule has 0 saturated heterocycles. The van der Waals surface area contributed by atoms with E-state index in [1.54, 1.807) is 10.9 Å². The Morgan fingerprint density at radius 1 is 1.69 bits per heavy atom. The zero-order valence-electron chi connectivity index (χ0n) is 8.33. The van der Waals surface area contributed by atoms with Gasteiger partial charge >= 0.3 is 0 Å². The van der Waals surface area contributed by atoms with Gasteiger partial charge in [-0.05, 0) is 12.5 Å². The zero-order chi connectivity index (χ0) is 9.68. The van der Waals surface area contributed by atoms with Gasteiger partial charge < -0.3 is 5.32 Å². The Labute approximate surface area is 79.5 Å². The second-order valence-corrected chi connectivity index (χ2v) is 3.54. The monoisotopic (exact) mass is 179 g/mol. The number of nitrogens with one attached hydrogen (secondary N) is 1. The van der Waals surface area contributed by atoms with Gasteiger partial charge in [0.25, 0.3) is 0 Å². The van der Waals surface area contributed by atoms with E-state index < -0.39 is 0 Å². The highest BCUT2D eigenvalue weighted by atomic mass is 15.2.